The molecule has 148 valence electrons. The molecular weight excluding hydrogens is 346 g/mol. The number of cyclic esters (lactones) is 1. The maximum Gasteiger partial charge on any atom is 0.414 e. The van der Waals surface area contributed by atoms with Crippen molar-refractivity contribution in [3.05, 3.63) is 29.3 Å². The first-order valence-electron chi connectivity index (χ1n) is 9.55. The number of amides is 2. The Morgan fingerprint density at radius 2 is 2.04 bits per heavy atom. The van der Waals surface area contributed by atoms with Crippen LogP contribution in [0.25, 0.3) is 0 Å². The minimum absolute atomic E-state index is 0.248. The summed E-state index contributed by atoms with van der Waals surface area (Å²) < 4.78 is 10.7. The summed E-state index contributed by atoms with van der Waals surface area (Å²) in [5, 5.41) is 0. The number of hydrogen-bond acceptors (Lipinski definition) is 5. The molecule has 1 unspecified atom stereocenters. The highest BCUT2D eigenvalue weighted by Crippen LogP contribution is 2.27. The molecule has 2 aliphatic rings. The van der Waals surface area contributed by atoms with Crippen molar-refractivity contribution in [1.82, 2.24) is 4.90 Å². The van der Waals surface area contributed by atoms with E-state index in [2.05, 4.69) is 6.07 Å². The highest BCUT2D eigenvalue weighted by molar-refractivity contribution is 5.90. The summed E-state index contributed by atoms with van der Waals surface area (Å²) in [6, 6.07) is 6.06. The summed E-state index contributed by atoms with van der Waals surface area (Å²) in [6.45, 7) is 7.75. The van der Waals surface area contributed by atoms with E-state index in [0.29, 0.717) is 26.2 Å². The highest BCUT2D eigenvalue weighted by atomic mass is 16.6. The van der Waals surface area contributed by atoms with Gasteiger partial charge in [0.25, 0.3) is 0 Å². The number of ether oxygens (including phenoxy) is 2. The fourth-order valence-corrected chi connectivity index (χ4v) is 3.45. The van der Waals surface area contributed by atoms with Crippen LogP contribution in [0.4, 0.5) is 15.3 Å². The number of anilines is 1. The molecule has 2 aliphatic heterocycles. The number of nitrogens with zero attached hydrogens (tertiary/aromatic N) is 2. The minimum atomic E-state index is -0.488. The third-order valence-electron chi connectivity index (χ3n) is 4.82. The number of fused-ring (bicyclic) bond motifs is 1. The van der Waals surface area contributed by atoms with Gasteiger partial charge in [-0.3, -0.25) is 4.90 Å². The number of carbonyl (C=O) groups excluding carboxylic acids is 2. The first-order chi connectivity index (χ1) is 12.8. The number of benzene rings is 1. The summed E-state index contributed by atoms with van der Waals surface area (Å²) in [5.41, 5.74) is 8.40. The van der Waals surface area contributed by atoms with Crippen molar-refractivity contribution < 1.29 is 19.1 Å². The molecule has 0 radical (unpaired) electrons. The molecule has 0 bridgehead atoms. The Hall–Kier alpha value is -2.28. The normalized spacial score (nSPS) is 20.6. The largest absolute Gasteiger partial charge is 0.444 e. The van der Waals surface area contributed by atoms with Crippen LogP contribution in [-0.4, -0.2) is 55.0 Å². The number of hydrogen-bond donors (Lipinski definition) is 1. The fraction of sp³-hybridized carbons (Fsp3) is 0.600. The van der Waals surface area contributed by atoms with Crippen LogP contribution >= 0.6 is 0 Å². The number of rotatable bonds is 2. The van der Waals surface area contributed by atoms with E-state index in [-0.39, 0.29) is 18.3 Å². The van der Waals surface area contributed by atoms with Crippen LogP contribution in [0, 0.1) is 0 Å². The van der Waals surface area contributed by atoms with E-state index >= 15 is 0 Å². The first-order valence-corrected chi connectivity index (χ1v) is 9.55. The van der Waals surface area contributed by atoms with Crippen LogP contribution in [0.3, 0.4) is 0 Å². The highest BCUT2D eigenvalue weighted by Gasteiger charge is 2.32. The topological polar surface area (TPSA) is 85.1 Å². The van der Waals surface area contributed by atoms with E-state index in [4.69, 9.17) is 15.2 Å². The lowest BCUT2D eigenvalue weighted by Gasteiger charge is -2.29. The smallest absolute Gasteiger partial charge is 0.414 e. The lowest BCUT2D eigenvalue weighted by atomic mass is 9.97. The van der Waals surface area contributed by atoms with Gasteiger partial charge in [-0.05, 0) is 63.3 Å². The van der Waals surface area contributed by atoms with Gasteiger partial charge in [-0.1, -0.05) is 6.07 Å². The van der Waals surface area contributed by atoms with Crippen LogP contribution in [0.2, 0.25) is 0 Å². The van der Waals surface area contributed by atoms with Gasteiger partial charge in [0.15, 0.2) is 0 Å². The fourth-order valence-electron chi connectivity index (χ4n) is 3.45. The minimum Gasteiger partial charge on any atom is -0.444 e. The predicted octanol–water partition coefficient (Wildman–Crippen LogP) is 2.70. The molecule has 7 nitrogen and oxygen atoms in total. The third-order valence-corrected chi connectivity index (χ3v) is 4.82. The van der Waals surface area contributed by atoms with Gasteiger partial charge in [0, 0.05) is 25.3 Å². The summed E-state index contributed by atoms with van der Waals surface area (Å²) in [6.07, 6.45) is 1.63. The maximum atomic E-state index is 12.3. The lowest BCUT2D eigenvalue weighted by molar-refractivity contribution is 0.0247. The quantitative estimate of drug-likeness (QED) is 0.859. The van der Waals surface area contributed by atoms with Gasteiger partial charge >= 0.3 is 12.2 Å². The molecule has 27 heavy (non-hydrogen) atoms. The molecule has 1 saturated heterocycles. The van der Waals surface area contributed by atoms with E-state index < -0.39 is 5.60 Å². The molecule has 1 aromatic rings. The molecule has 2 heterocycles. The van der Waals surface area contributed by atoms with Crippen molar-refractivity contribution in [2.45, 2.75) is 51.7 Å². The summed E-state index contributed by atoms with van der Waals surface area (Å²) in [7, 11) is 0. The number of carbonyl (C=O) groups is 2. The monoisotopic (exact) mass is 375 g/mol. The molecule has 3 rings (SSSR count). The Bertz CT molecular complexity index is 714. The maximum absolute atomic E-state index is 12.3. The van der Waals surface area contributed by atoms with Gasteiger partial charge in [0.05, 0.1) is 6.54 Å². The average Bonchev–Trinajstić information content (AvgIpc) is 2.95. The predicted molar refractivity (Wildman–Crippen MR) is 103 cm³/mol. The molecule has 1 atom stereocenters. The lowest BCUT2D eigenvalue weighted by Crippen LogP contribution is -2.39. The molecule has 1 aromatic carbocycles. The molecular formula is C20H29N3O4. The van der Waals surface area contributed by atoms with Crippen LogP contribution in [0.15, 0.2) is 18.2 Å². The van der Waals surface area contributed by atoms with Crippen molar-refractivity contribution in [2.75, 3.05) is 31.1 Å². The van der Waals surface area contributed by atoms with Crippen molar-refractivity contribution in [1.29, 1.82) is 0 Å². The third kappa shape index (κ3) is 4.71. The second kappa shape index (κ2) is 7.76. The van der Waals surface area contributed by atoms with Gasteiger partial charge < -0.3 is 20.1 Å². The number of aryl methyl sites for hydroxylation is 1. The van der Waals surface area contributed by atoms with Crippen LogP contribution < -0.4 is 10.6 Å². The average molecular weight is 375 g/mol. The summed E-state index contributed by atoms with van der Waals surface area (Å²) in [4.78, 5) is 27.8. The van der Waals surface area contributed by atoms with Crippen molar-refractivity contribution in [3.8, 4) is 0 Å². The molecule has 0 spiro atoms. The van der Waals surface area contributed by atoms with E-state index in [1.165, 1.54) is 11.1 Å². The van der Waals surface area contributed by atoms with Crippen LogP contribution in [0.5, 0.6) is 0 Å². The van der Waals surface area contributed by atoms with E-state index in [0.717, 1.165) is 24.9 Å². The Balaban J connectivity index is 1.70. The SMILES string of the molecule is CC(C)(C)OC(=O)N1CCCc2cc(N3CC(CN)OC3=O)ccc2CC1. The Morgan fingerprint density at radius 1 is 1.26 bits per heavy atom. The van der Waals surface area contributed by atoms with E-state index in [1.807, 2.05) is 32.9 Å². The Morgan fingerprint density at radius 3 is 2.70 bits per heavy atom. The molecule has 1 fully saturated rings. The molecule has 7 heteroatoms. The van der Waals surface area contributed by atoms with Gasteiger partial charge in [0.2, 0.25) is 0 Å². The zero-order valence-electron chi connectivity index (χ0n) is 16.4. The van der Waals surface area contributed by atoms with E-state index in [1.54, 1.807) is 9.80 Å². The van der Waals surface area contributed by atoms with Crippen molar-refractivity contribution in [3.63, 3.8) is 0 Å². The molecule has 2 N–H and O–H groups in total. The van der Waals surface area contributed by atoms with Crippen molar-refractivity contribution in [2.24, 2.45) is 5.73 Å². The Labute approximate surface area is 160 Å². The number of nitrogens with two attached hydrogens (primary N) is 1. The summed E-state index contributed by atoms with van der Waals surface area (Å²) >= 11 is 0. The van der Waals surface area contributed by atoms with Gasteiger partial charge in [-0.2, -0.15) is 0 Å². The molecule has 0 aromatic heterocycles. The van der Waals surface area contributed by atoms with Gasteiger partial charge in [-0.25, -0.2) is 9.59 Å². The molecule has 2 amide bonds. The Kier molecular flexibility index (Phi) is 5.60. The van der Waals surface area contributed by atoms with E-state index in [9.17, 15) is 9.59 Å². The summed E-state index contributed by atoms with van der Waals surface area (Å²) in [5.74, 6) is 0. The molecule has 0 aliphatic carbocycles. The zero-order chi connectivity index (χ0) is 19.6. The van der Waals surface area contributed by atoms with Crippen LogP contribution in [-0.2, 0) is 22.3 Å². The first kappa shape index (κ1) is 19.5. The second-order valence-corrected chi connectivity index (χ2v) is 8.13. The molecule has 0 saturated carbocycles. The van der Waals surface area contributed by atoms with Gasteiger partial charge in [0.1, 0.15) is 11.7 Å². The van der Waals surface area contributed by atoms with Gasteiger partial charge in [-0.15, -0.1) is 0 Å². The van der Waals surface area contributed by atoms with Crippen LogP contribution in [0.1, 0.15) is 38.3 Å². The zero-order valence-corrected chi connectivity index (χ0v) is 16.4. The second-order valence-electron chi connectivity index (χ2n) is 8.13. The van der Waals surface area contributed by atoms with Crippen molar-refractivity contribution >= 4 is 17.9 Å². The standard InChI is InChI=1S/C20H29N3O4/c1-20(2,3)27-18(24)22-9-4-5-15-11-16(7-6-14(15)8-10-22)23-13-17(12-21)26-19(23)25/h6-7,11,17H,4-5,8-10,12-13,21H2,1-3H3.